The maximum atomic E-state index is 12.5. The van der Waals surface area contributed by atoms with Crippen molar-refractivity contribution >= 4 is 33.7 Å². The van der Waals surface area contributed by atoms with Crippen LogP contribution in [-0.4, -0.2) is 15.5 Å². The van der Waals surface area contributed by atoms with Crippen LogP contribution < -0.4 is 16.6 Å². The molecule has 0 spiro atoms. The number of nitrogens with zero attached hydrogens (tertiary/aromatic N) is 2. The van der Waals surface area contributed by atoms with Crippen LogP contribution in [0.2, 0.25) is 0 Å². The van der Waals surface area contributed by atoms with Crippen molar-refractivity contribution in [3.8, 4) is 0 Å². The molecule has 0 aliphatic heterocycles. The molecule has 3 aromatic rings. The molecule has 0 aliphatic carbocycles. The zero-order chi connectivity index (χ0) is 17.4. The molecule has 24 heavy (non-hydrogen) atoms. The summed E-state index contributed by atoms with van der Waals surface area (Å²) in [5.41, 5.74) is 6.95. The van der Waals surface area contributed by atoms with Crippen molar-refractivity contribution in [1.29, 1.82) is 0 Å². The number of rotatable bonds is 3. The number of hydrogen-bond acceptors (Lipinski definition) is 5. The summed E-state index contributed by atoms with van der Waals surface area (Å²) >= 11 is 1.29. The molecule has 3 N–H and O–H groups in total. The summed E-state index contributed by atoms with van der Waals surface area (Å²) in [6.45, 7) is 3.62. The van der Waals surface area contributed by atoms with Gasteiger partial charge in [-0.1, -0.05) is 6.07 Å². The normalized spacial score (nSPS) is 12.3. The van der Waals surface area contributed by atoms with Crippen molar-refractivity contribution in [2.45, 2.75) is 19.9 Å². The number of benzene rings is 1. The average molecular weight is 342 g/mol. The Bertz CT molecular complexity index is 988. The van der Waals surface area contributed by atoms with E-state index in [0.717, 1.165) is 10.4 Å². The van der Waals surface area contributed by atoms with E-state index in [9.17, 15) is 9.59 Å². The van der Waals surface area contributed by atoms with Gasteiger partial charge in [0.2, 0.25) is 0 Å². The number of carbonyl (C=O) groups is 1. The molecule has 7 heteroatoms. The highest BCUT2D eigenvalue weighted by atomic mass is 32.1. The quantitative estimate of drug-likeness (QED) is 0.765. The van der Waals surface area contributed by atoms with E-state index in [4.69, 9.17) is 5.73 Å². The SMILES string of the molecule is Cc1nc(C(C)N)sc1C(=O)Nc1ccc2ccn(C)c(=O)c2c1. The van der Waals surface area contributed by atoms with Gasteiger partial charge in [0, 0.05) is 24.3 Å². The Labute approximate surface area is 142 Å². The molecule has 1 amide bonds. The van der Waals surface area contributed by atoms with Gasteiger partial charge < -0.3 is 15.6 Å². The van der Waals surface area contributed by atoms with Crippen molar-refractivity contribution in [1.82, 2.24) is 9.55 Å². The zero-order valence-electron chi connectivity index (χ0n) is 13.7. The van der Waals surface area contributed by atoms with Gasteiger partial charge in [0.05, 0.1) is 11.7 Å². The number of nitrogens with one attached hydrogen (secondary N) is 1. The number of nitrogens with two attached hydrogens (primary N) is 1. The smallest absolute Gasteiger partial charge is 0.267 e. The minimum absolute atomic E-state index is 0.100. The maximum Gasteiger partial charge on any atom is 0.267 e. The highest BCUT2D eigenvalue weighted by molar-refractivity contribution is 7.14. The van der Waals surface area contributed by atoms with Gasteiger partial charge in [-0.3, -0.25) is 9.59 Å². The third-order valence-corrected chi connectivity index (χ3v) is 5.11. The van der Waals surface area contributed by atoms with E-state index >= 15 is 0 Å². The van der Waals surface area contributed by atoms with Crippen LogP contribution in [0.4, 0.5) is 5.69 Å². The summed E-state index contributed by atoms with van der Waals surface area (Å²) < 4.78 is 1.51. The first-order chi connectivity index (χ1) is 11.4. The van der Waals surface area contributed by atoms with Gasteiger partial charge in [-0.05, 0) is 37.4 Å². The first-order valence-electron chi connectivity index (χ1n) is 7.50. The predicted octanol–water partition coefficient (Wildman–Crippen LogP) is 2.58. The van der Waals surface area contributed by atoms with E-state index < -0.39 is 0 Å². The standard InChI is InChI=1S/C17H18N4O2S/c1-9(18)16-19-10(2)14(24-16)15(22)20-12-5-4-11-6-7-21(3)17(23)13(11)8-12/h4-9H,18H2,1-3H3,(H,20,22). The summed E-state index contributed by atoms with van der Waals surface area (Å²) in [5.74, 6) is -0.246. The Kier molecular flexibility index (Phi) is 4.21. The number of fused-ring (bicyclic) bond motifs is 1. The van der Waals surface area contributed by atoms with Crippen LogP contribution in [0.5, 0.6) is 0 Å². The predicted molar refractivity (Wildman–Crippen MR) is 96.6 cm³/mol. The molecule has 0 fully saturated rings. The fourth-order valence-corrected chi connectivity index (χ4v) is 3.34. The van der Waals surface area contributed by atoms with Crippen LogP contribution >= 0.6 is 11.3 Å². The molecular weight excluding hydrogens is 324 g/mol. The van der Waals surface area contributed by atoms with E-state index in [1.54, 1.807) is 32.3 Å². The van der Waals surface area contributed by atoms with Crippen molar-refractivity contribution < 1.29 is 4.79 Å². The van der Waals surface area contributed by atoms with E-state index in [-0.39, 0.29) is 17.5 Å². The number of thiazole rings is 1. The Hall–Kier alpha value is -2.51. The molecule has 3 rings (SSSR count). The number of hydrogen-bond donors (Lipinski definition) is 2. The fraction of sp³-hybridized carbons (Fsp3) is 0.235. The van der Waals surface area contributed by atoms with Crippen LogP contribution in [-0.2, 0) is 7.05 Å². The summed E-state index contributed by atoms with van der Waals surface area (Å²) in [5, 5.41) is 4.96. The van der Waals surface area contributed by atoms with E-state index in [0.29, 0.717) is 21.6 Å². The third-order valence-electron chi connectivity index (χ3n) is 3.75. The van der Waals surface area contributed by atoms with Gasteiger partial charge in [0.25, 0.3) is 11.5 Å². The molecule has 1 aromatic carbocycles. The largest absolute Gasteiger partial charge is 0.322 e. The van der Waals surface area contributed by atoms with Crippen LogP contribution in [0.1, 0.15) is 33.3 Å². The van der Waals surface area contributed by atoms with Gasteiger partial charge in [-0.2, -0.15) is 0 Å². The minimum Gasteiger partial charge on any atom is -0.322 e. The first kappa shape index (κ1) is 16.4. The summed E-state index contributed by atoms with van der Waals surface area (Å²) in [6, 6.07) is 6.95. The Balaban J connectivity index is 1.93. The summed E-state index contributed by atoms with van der Waals surface area (Å²) in [7, 11) is 1.70. The topological polar surface area (TPSA) is 90.0 Å². The average Bonchev–Trinajstić information content (AvgIpc) is 2.94. The second-order valence-electron chi connectivity index (χ2n) is 5.74. The van der Waals surface area contributed by atoms with Crippen LogP contribution in [0.15, 0.2) is 35.3 Å². The Morgan fingerprint density at radius 1 is 1.38 bits per heavy atom. The van der Waals surface area contributed by atoms with Crippen LogP contribution in [0, 0.1) is 6.92 Å². The number of aryl methyl sites for hydroxylation is 2. The van der Waals surface area contributed by atoms with Gasteiger partial charge in [-0.15, -0.1) is 11.3 Å². The molecule has 0 aliphatic rings. The lowest BCUT2D eigenvalue weighted by Gasteiger charge is -2.06. The molecular formula is C17H18N4O2S. The molecule has 0 bridgehead atoms. The maximum absolute atomic E-state index is 12.5. The Morgan fingerprint density at radius 2 is 2.12 bits per heavy atom. The molecule has 2 aromatic heterocycles. The van der Waals surface area contributed by atoms with Crippen molar-refractivity contribution in [3.05, 3.63) is 56.4 Å². The van der Waals surface area contributed by atoms with Gasteiger partial charge in [0.15, 0.2) is 0 Å². The molecule has 124 valence electrons. The molecule has 1 unspecified atom stereocenters. The fourth-order valence-electron chi connectivity index (χ4n) is 2.42. The minimum atomic E-state index is -0.246. The van der Waals surface area contributed by atoms with Gasteiger partial charge >= 0.3 is 0 Å². The van der Waals surface area contributed by atoms with Crippen molar-refractivity contribution in [2.75, 3.05) is 5.32 Å². The molecule has 0 radical (unpaired) electrons. The van der Waals surface area contributed by atoms with Crippen molar-refractivity contribution in [2.24, 2.45) is 12.8 Å². The lowest BCUT2D eigenvalue weighted by atomic mass is 10.1. The van der Waals surface area contributed by atoms with Gasteiger partial charge in [0.1, 0.15) is 9.88 Å². The second kappa shape index (κ2) is 6.18. The summed E-state index contributed by atoms with van der Waals surface area (Å²) in [6.07, 6.45) is 1.72. The monoisotopic (exact) mass is 342 g/mol. The van der Waals surface area contributed by atoms with Crippen molar-refractivity contribution in [3.63, 3.8) is 0 Å². The van der Waals surface area contributed by atoms with E-state index in [1.165, 1.54) is 15.9 Å². The highest BCUT2D eigenvalue weighted by Gasteiger charge is 2.17. The van der Waals surface area contributed by atoms with Crippen LogP contribution in [0.25, 0.3) is 10.8 Å². The number of aromatic nitrogens is 2. The zero-order valence-corrected chi connectivity index (χ0v) is 14.5. The molecule has 0 saturated heterocycles. The molecule has 0 saturated carbocycles. The second-order valence-corrected chi connectivity index (χ2v) is 6.77. The number of anilines is 1. The number of pyridine rings is 1. The highest BCUT2D eigenvalue weighted by Crippen LogP contribution is 2.24. The Morgan fingerprint density at radius 3 is 2.79 bits per heavy atom. The number of carbonyl (C=O) groups excluding carboxylic acids is 1. The van der Waals surface area contributed by atoms with Crippen LogP contribution in [0.3, 0.4) is 0 Å². The number of amides is 1. The summed E-state index contributed by atoms with van der Waals surface area (Å²) in [4.78, 5) is 29.5. The third kappa shape index (κ3) is 2.95. The molecule has 6 nitrogen and oxygen atoms in total. The lowest BCUT2D eigenvalue weighted by Crippen LogP contribution is -2.16. The van der Waals surface area contributed by atoms with E-state index in [1.807, 2.05) is 19.1 Å². The van der Waals surface area contributed by atoms with Gasteiger partial charge in [-0.25, -0.2) is 4.98 Å². The van der Waals surface area contributed by atoms with E-state index in [2.05, 4.69) is 10.3 Å². The lowest BCUT2D eigenvalue weighted by molar-refractivity contribution is 0.103. The molecule has 1 atom stereocenters. The first-order valence-corrected chi connectivity index (χ1v) is 8.32. The molecule has 2 heterocycles.